The van der Waals surface area contributed by atoms with E-state index in [1.807, 2.05) is 34.5 Å². The largest absolute Gasteiger partial charge is 0.453 e. The van der Waals surface area contributed by atoms with E-state index >= 15 is 0 Å². The molecule has 2 heterocycles. The van der Waals surface area contributed by atoms with Crippen LogP contribution in [0.15, 0.2) is 71.5 Å². The normalized spacial score (nSPS) is 13.3. The van der Waals surface area contributed by atoms with Crippen molar-refractivity contribution in [3.8, 4) is 9.88 Å². The second kappa shape index (κ2) is 13.3. The second-order valence-corrected chi connectivity index (χ2v) is 11.0. The molecule has 0 bridgehead atoms. The molecular weight excluding hydrogens is 548 g/mol. The average Bonchev–Trinajstić information content (AvgIpc) is 3.58. The zero-order valence-electron chi connectivity index (χ0n) is 20.7. The third-order valence-electron chi connectivity index (χ3n) is 5.43. The van der Waals surface area contributed by atoms with Gasteiger partial charge in [0.2, 0.25) is 5.91 Å². The zero-order chi connectivity index (χ0) is 27.7. The van der Waals surface area contributed by atoms with Crippen LogP contribution in [-0.2, 0) is 26.3 Å². The Hall–Kier alpha value is -3.52. The van der Waals surface area contributed by atoms with Crippen LogP contribution in [0, 0.1) is 0 Å². The van der Waals surface area contributed by atoms with E-state index < -0.39 is 34.4 Å². The van der Waals surface area contributed by atoms with Gasteiger partial charge in [0, 0.05) is 11.8 Å². The zero-order valence-corrected chi connectivity index (χ0v) is 23.2. The smallest absolute Gasteiger partial charge is 0.407 e. The molecule has 1 aromatic carbocycles. The lowest BCUT2D eigenvalue weighted by Crippen LogP contribution is -2.48. The van der Waals surface area contributed by atoms with E-state index in [0.29, 0.717) is 12.1 Å². The van der Waals surface area contributed by atoms with E-state index in [1.54, 1.807) is 35.6 Å². The number of carbonyl (C=O) groups excluding carboxylic acids is 2. The first kappa shape index (κ1) is 29.0. The summed E-state index contributed by atoms with van der Waals surface area (Å²) in [5.41, 5.74) is 2.38. The van der Waals surface area contributed by atoms with Crippen molar-refractivity contribution in [1.82, 2.24) is 15.6 Å². The number of thiazole rings is 1. The highest BCUT2D eigenvalue weighted by Crippen LogP contribution is 2.31. The lowest BCUT2D eigenvalue weighted by molar-refractivity contribution is -0.123. The number of carbonyl (C=O) groups is 2. The topological polar surface area (TPSA) is 147 Å². The van der Waals surface area contributed by atoms with Crippen LogP contribution < -0.4 is 15.4 Å². The van der Waals surface area contributed by atoms with Crippen molar-refractivity contribution in [2.24, 2.45) is 0 Å². The molecule has 2 amide bonds. The van der Waals surface area contributed by atoms with Crippen LogP contribution in [-0.4, -0.2) is 43.1 Å². The highest BCUT2D eigenvalue weighted by atomic mass is 32.2. The highest BCUT2D eigenvalue weighted by molar-refractivity contribution is 7.87. The summed E-state index contributed by atoms with van der Waals surface area (Å²) in [6.45, 7) is 5.57. The first-order valence-electron chi connectivity index (χ1n) is 11.4. The summed E-state index contributed by atoms with van der Waals surface area (Å²) in [5.74, 6) is -0.433. The Labute approximate surface area is 229 Å². The number of thiophene rings is 1. The molecule has 202 valence electrons. The molecule has 0 radical (unpaired) electrons. The van der Waals surface area contributed by atoms with Gasteiger partial charge in [-0.05, 0) is 42.5 Å². The molecule has 2 unspecified atom stereocenters. The number of hydrogen-bond acceptors (Lipinski definition) is 8. The third kappa shape index (κ3) is 8.52. The first-order valence-corrected chi connectivity index (χ1v) is 14.6. The first-order chi connectivity index (χ1) is 18.1. The maximum absolute atomic E-state index is 13.4. The number of allylic oxidation sites excluding steroid dienone is 2. The Kier molecular flexibility index (Phi) is 10.2. The Morgan fingerprint density at radius 3 is 2.50 bits per heavy atom. The summed E-state index contributed by atoms with van der Waals surface area (Å²) in [7, 11) is -3.18. The molecule has 0 fully saturated rings. The maximum Gasteiger partial charge on any atom is 0.407 e. The molecule has 0 aliphatic carbocycles. The van der Waals surface area contributed by atoms with E-state index in [-0.39, 0.29) is 12.1 Å². The molecule has 38 heavy (non-hydrogen) atoms. The summed E-state index contributed by atoms with van der Waals surface area (Å²) < 4.78 is 37.9. The van der Waals surface area contributed by atoms with Gasteiger partial charge < -0.3 is 15.4 Å². The predicted octanol–water partition coefficient (Wildman–Crippen LogP) is 4.73. The van der Waals surface area contributed by atoms with Crippen LogP contribution in [0.2, 0.25) is 0 Å². The van der Waals surface area contributed by atoms with E-state index in [4.69, 9.17) is 14.3 Å². The molecule has 3 rings (SSSR count). The van der Waals surface area contributed by atoms with Gasteiger partial charge in [-0.2, -0.15) is 8.42 Å². The van der Waals surface area contributed by atoms with Gasteiger partial charge in [0.1, 0.15) is 11.0 Å². The lowest BCUT2D eigenvalue weighted by atomic mass is 10.0. The molecule has 10 nitrogen and oxygen atoms in total. The van der Waals surface area contributed by atoms with Crippen molar-refractivity contribution < 1.29 is 27.3 Å². The molecule has 4 N–H and O–H groups in total. The Balaban J connectivity index is 1.88. The molecule has 13 heteroatoms. The van der Waals surface area contributed by atoms with Gasteiger partial charge in [0.25, 0.3) is 0 Å². The highest BCUT2D eigenvalue weighted by Gasteiger charge is 2.26. The van der Waals surface area contributed by atoms with Gasteiger partial charge in [-0.25, -0.2) is 9.78 Å². The second-order valence-electron chi connectivity index (χ2n) is 8.05. The minimum Gasteiger partial charge on any atom is -0.453 e. The van der Waals surface area contributed by atoms with Crippen LogP contribution in [0.1, 0.15) is 30.6 Å². The molecule has 3 aromatic rings. The number of methoxy groups -OCH3 is 1. The Morgan fingerprint density at radius 1 is 1.18 bits per heavy atom. The number of rotatable bonds is 12. The van der Waals surface area contributed by atoms with E-state index in [2.05, 4.69) is 17.2 Å². The number of aromatic nitrogens is 1. The van der Waals surface area contributed by atoms with Gasteiger partial charge in [0.05, 0.1) is 29.4 Å². The number of benzene rings is 1. The van der Waals surface area contributed by atoms with Crippen molar-refractivity contribution in [3.05, 3.63) is 82.7 Å². The van der Waals surface area contributed by atoms with Crippen molar-refractivity contribution >= 4 is 50.7 Å². The fourth-order valence-corrected chi connectivity index (χ4v) is 5.64. The van der Waals surface area contributed by atoms with Gasteiger partial charge in [0.15, 0.2) is 0 Å². The Morgan fingerprint density at radius 2 is 1.92 bits per heavy atom. The number of anilines is 1. The summed E-state index contributed by atoms with van der Waals surface area (Å²) >= 11 is 3.01. The summed E-state index contributed by atoms with van der Waals surface area (Å²) in [5, 5.41) is 10.2. The SMILES string of the molecule is C=CC(=CC)CC(NC(=O)OC)C(=O)NC(Cc1ccc(NS(=O)(=O)O)cc1)c1csc(-c2cccs2)n1. The fourth-order valence-electron chi connectivity index (χ4n) is 3.52. The number of ether oxygens (including phenoxy) is 1. The minimum absolute atomic E-state index is 0.191. The van der Waals surface area contributed by atoms with Crippen LogP contribution >= 0.6 is 22.7 Å². The molecule has 0 spiro atoms. The van der Waals surface area contributed by atoms with Gasteiger partial charge in [-0.3, -0.25) is 14.1 Å². The van der Waals surface area contributed by atoms with Crippen LogP contribution in [0.25, 0.3) is 9.88 Å². The minimum atomic E-state index is -4.40. The van der Waals surface area contributed by atoms with Crippen molar-refractivity contribution in [3.63, 3.8) is 0 Å². The molecule has 2 atom stereocenters. The standard InChI is InChI=1S/C25H28N4O6S3/c1-4-16(5-2)13-20(28-25(31)35-3)23(30)26-19(21-15-37-24(27-21)22-7-6-12-36-22)14-17-8-10-18(11-9-17)29-38(32,33)34/h4-12,15,19-20,29H,1,13-14H2,2-3H3,(H,26,30)(H,28,31)(H,32,33,34). The molecule has 0 aliphatic rings. The van der Waals surface area contributed by atoms with E-state index in [9.17, 15) is 18.0 Å². The number of nitrogens with one attached hydrogen (secondary N) is 3. The van der Waals surface area contributed by atoms with Crippen molar-refractivity contribution in [1.29, 1.82) is 0 Å². The molecule has 2 aromatic heterocycles. The molecule has 0 aliphatic heterocycles. The summed E-state index contributed by atoms with van der Waals surface area (Å²) in [6, 6.07) is 8.78. The number of hydrogen-bond donors (Lipinski definition) is 4. The van der Waals surface area contributed by atoms with Crippen LogP contribution in [0.5, 0.6) is 0 Å². The van der Waals surface area contributed by atoms with Crippen molar-refractivity contribution in [2.45, 2.75) is 31.8 Å². The lowest BCUT2D eigenvalue weighted by Gasteiger charge is -2.23. The fraction of sp³-hybridized carbons (Fsp3) is 0.240. The number of amides is 2. The summed E-state index contributed by atoms with van der Waals surface area (Å²) in [6.07, 6.45) is 3.22. The number of alkyl carbamates (subject to hydrolysis) is 1. The van der Waals surface area contributed by atoms with Gasteiger partial charge in [-0.15, -0.1) is 22.7 Å². The summed E-state index contributed by atoms with van der Waals surface area (Å²) in [4.78, 5) is 31.1. The van der Waals surface area contributed by atoms with Crippen molar-refractivity contribution in [2.75, 3.05) is 11.8 Å². The third-order valence-corrected chi connectivity index (χ3v) is 7.83. The molecule has 0 saturated heterocycles. The maximum atomic E-state index is 13.4. The average molecular weight is 577 g/mol. The van der Waals surface area contributed by atoms with Crippen LogP contribution in [0.4, 0.5) is 10.5 Å². The molecular formula is C25H28N4O6S3. The quantitative estimate of drug-likeness (QED) is 0.180. The Bertz CT molecular complexity index is 1380. The van der Waals surface area contributed by atoms with E-state index in [0.717, 1.165) is 21.0 Å². The monoisotopic (exact) mass is 576 g/mol. The van der Waals surface area contributed by atoms with Gasteiger partial charge in [-0.1, -0.05) is 42.5 Å². The van der Waals surface area contributed by atoms with Gasteiger partial charge >= 0.3 is 16.4 Å². The van der Waals surface area contributed by atoms with Crippen LogP contribution in [0.3, 0.4) is 0 Å². The molecule has 0 saturated carbocycles. The predicted molar refractivity (Wildman–Crippen MR) is 150 cm³/mol. The van der Waals surface area contributed by atoms with E-state index in [1.165, 1.54) is 30.6 Å². The number of nitrogens with zero attached hydrogens (tertiary/aromatic N) is 1.